The van der Waals surface area contributed by atoms with E-state index >= 15 is 0 Å². The standard InChI is InChI=1S/C21H20N4O4/c1-3-29-20(28)14-8-10-15(11-9-14)23-21-22-13(2)12-18(25-21)24-17-7-5-4-6-16(17)19(26)27/h4-12H,3H2,1-2H3,(H,26,27)(H2,22,23,24,25). The molecule has 0 bridgehead atoms. The van der Waals surface area contributed by atoms with Gasteiger partial charge >= 0.3 is 11.9 Å². The minimum atomic E-state index is -1.03. The monoisotopic (exact) mass is 392 g/mol. The molecule has 1 heterocycles. The maximum absolute atomic E-state index is 11.7. The number of nitrogens with zero attached hydrogens (tertiary/aromatic N) is 2. The van der Waals surface area contributed by atoms with Crippen LogP contribution in [0.3, 0.4) is 0 Å². The van der Waals surface area contributed by atoms with Crippen LogP contribution in [0.2, 0.25) is 0 Å². The first kappa shape index (κ1) is 19.8. The molecular formula is C21H20N4O4. The van der Waals surface area contributed by atoms with Crippen molar-refractivity contribution < 1.29 is 19.4 Å². The number of rotatable bonds is 7. The van der Waals surface area contributed by atoms with Crippen LogP contribution in [-0.4, -0.2) is 33.6 Å². The Kier molecular flexibility index (Phi) is 6.03. The first-order chi connectivity index (χ1) is 14.0. The second-order valence-electron chi connectivity index (χ2n) is 6.12. The van der Waals surface area contributed by atoms with Crippen molar-refractivity contribution in [1.29, 1.82) is 0 Å². The highest BCUT2D eigenvalue weighted by Gasteiger charge is 2.11. The maximum atomic E-state index is 11.7. The number of anilines is 4. The molecule has 0 unspecified atom stereocenters. The van der Waals surface area contributed by atoms with Gasteiger partial charge < -0.3 is 20.5 Å². The number of aromatic nitrogens is 2. The van der Waals surface area contributed by atoms with E-state index in [1.54, 1.807) is 55.5 Å². The van der Waals surface area contributed by atoms with E-state index in [-0.39, 0.29) is 11.5 Å². The van der Waals surface area contributed by atoms with Crippen LogP contribution in [0, 0.1) is 6.92 Å². The zero-order valence-electron chi connectivity index (χ0n) is 16.0. The second-order valence-corrected chi connectivity index (χ2v) is 6.12. The second kappa shape index (κ2) is 8.83. The van der Waals surface area contributed by atoms with E-state index in [9.17, 15) is 14.7 Å². The lowest BCUT2D eigenvalue weighted by atomic mass is 10.2. The van der Waals surface area contributed by atoms with Gasteiger partial charge in [-0.25, -0.2) is 14.6 Å². The summed E-state index contributed by atoms with van der Waals surface area (Å²) in [5.74, 6) is -0.616. The van der Waals surface area contributed by atoms with Gasteiger partial charge in [0, 0.05) is 17.4 Å². The van der Waals surface area contributed by atoms with E-state index in [0.29, 0.717) is 41.0 Å². The van der Waals surface area contributed by atoms with Gasteiger partial charge in [-0.05, 0) is 50.2 Å². The van der Waals surface area contributed by atoms with Crippen molar-refractivity contribution in [3.63, 3.8) is 0 Å². The average Bonchev–Trinajstić information content (AvgIpc) is 2.68. The van der Waals surface area contributed by atoms with Gasteiger partial charge in [0.1, 0.15) is 5.82 Å². The van der Waals surface area contributed by atoms with Crippen LogP contribution >= 0.6 is 0 Å². The molecule has 0 spiro atoms. The molecule has 8 heteroatoms. The van der Waals surface area contributed by atoms with Crippen LogP contribution in [0.1, 0.15) is 33.3 Å². The fourth-order valence-corrected chi connectivity index (χ4v) is 2.64. The smallest absolute Gasteiger partial charge is 0.338 e. The normalized spacial score (nSPS) is 10.3. The van der Waals surface area contributed by atoms with Crippen LogP contribution in [-0.2, 0) is 4.74 Å². The van der Waals surface area contributed by atoms with Crippen LogP contribution in [0.15, 0.2) is 54.6 Å². The molecular weight excluding hydrogens is 372 g/mol. The number of carboxylic acid groups (broad SMARTS) is 1. The van der Waals surface area contributed by atoms with Crippen molar-refractivity contribution in [3.8, 4) is 0 Å². The van der Waals surface area contributed by atoms with E-state index in [1.807, 2.05) is 6.92 Å². The number of aromatic carboxylic acids is 1. The number of carboxylic acids is 1. The summed E-state index contributed by atoms with van der Waals surface area (Å²) in [5.41, 5.74) is 2.42. The van der Waals surface area contributed by atoms with Crippen LogP contribution in [0.5, 0.6) is 0 Å². The Balaban J connectivity index is 1.79. The van der Waals surface area contributed by atoms with Crippen molar-refractivity contribution in [2.75, 3.05) is 17.2 Å². The predicted molar refractivity (Wildman–Crippen MR) is 109 cm³/mol. The Morgan fingerprint density at radius 1 is 1.03 bits per heavy atom. The highest BCUT2D eigenvalue weighted by atomic mass is 16.5. The maximum Gasteiger partial charge on any atom is 0.338 e. The molecule has 3 aromatic rings. The number of nitrogens with one attached hydrogen (secondary N) is 2. The Hall–Kier alpha value is -3.94. The number of para-hydroxylation sites is 1. The van der Waals surface area contributed by atoms with E-state index in [0.717, 1.165) is 0 Å². The molecule has 0 fully saturated rings. The number of carbonyl (C=O) groups is 2. The van der Waals surface area contributed by atoms with Crippen LogP contribution < -0.4 is 10.6 Å². The fraction of sp³-hybridized carbons (Fsp3) is 0.143. The molecule has 0 amide bonds. The molecule has 29 heavy (non-hydrogen) atoms. The number of hydrogen-bond donors (Lipinski definition) is 3. The number of benzene rings is 2. The third-order valence-corrected chi connectivity index (χ3v) is 3.93. The van der Waals surface area contributed by atoms with Crippen molar-refractivity contribution in [2.45, 2.75) is 13.8 Å². The Labute approximate surface area is 167 Å². The molecule has 3 N–H and O–H groups in total. The van der Waals surface area contributed by atoms with E-state index in [2.05, 4.69) is 20.6 Å². The molecule has 0 saturated carbocycles. The molecule has 0 radical (unpaired) electrons. The van der Waals surface area contributed by atoms with Crippen LogP contribution in [0.4, 0.5) is 23.1 Å². The van der Waals surface area contributed by atoms with E-state index < -0.39 is 5.97 Å². The highest BCUT2D eigenvalue weighted by molar-refractivity contribution is 5.95. The van der Waals surface area contributed by atoms with Gasteiger partial charge in [-0.2, -0.15) is 4.98 Å². The first-order valence-corrected chi connectivity index (χ1v) is 8.95. The van der Waals surface area contributed by atoms with Gasteiger partial charge in [-0.1, -0.05) is 12.1 Å². The zero-order valence-corrected chi connectivity index (χ0v) is 16.0. The highest BCUT2D eigenvalue weighted by Crippen LogP contribution is 2.22. The summed E-state index contributed by atoms with van der Waals surface area (Å²) in [4.78, 5) is 31.9. The van der Waals surface area contributed by atoms with Crippen molar-refractivity contribution in [1.82, 2.24) is 9.97 Å². The summed E-state index contributed by atoms with van der Waals surface area (Å²) in [6.45, 7) is 3.88. The Bertz CT molecular complexity index is 1040. The number of aryl methyl sites for hydroxylation is 1. The van der Waals surface area contributed by atoms with Crippen LogP contribution in [0.25, 0.3) is 0 Å². The summed E-state index contributed by atoms with van der Waals surface area (Å²) < 4.78 is 4.97. The molecule has 1 aromatic heterocycles. The lowest BCUT2D eigenvalue weighted by Crippen LogP contribution is -2.06. The molecule has 3 rings (SSSR count). The van der Waals surface area contributed by atoms with Gasteiger partial charge in [-0.15, -0.1) is 0 Å². The van der Waals surface area contributed by atoms with Gasteiger partial charge in [0.2, 0.25) is 5.95 Å². The Morgan fingerprint density at radius 3 is 2.45 bits per heavy atom. The number of carbonyl (C=O) groups excluding carboxylic acids is 1. The van der Waals surface area contributed by atoms with E-state index in [4.69, 9.17) is 4.74 Å². The molecule has 0 saturated heterocycles. The molecule has 0 aliphatic heterocycles. The topological polar surface area (TPSA) is 113 Å². The molecule has 8 nitrogen and oxygen atoms in total. The molecule has 0 aliphatic rings. The summed E-state index contributed by atoms with van der Waals surface area (Å²) >= 11 is 0. The SMILES string of the molecule is CCOC(=O)c1ccc(Nc2nc(C)cc(Nc3ccccc3C(=O)O)n2)cc1. The summed E-state index contributed by atoms with van der Waals surface area (Å²) in [6.07, 6.45) is 0. The lowest BCUT2D eigenvalue weighted by Gasteiger charge is -2.12. The molecule has 0 atom stereocenters. The lowest BCUT2D eigenvalue weighted by molar-refractivity contribution is 0.0526. The van der Waals surface area contributed by atoms with Gasteiger partial charge in [0.15, 0.2) is 0 Å². The van der Waals surface area contributed by atoms with E-state index in [1.165, 1.54) is 6.07 Å². The molecule has 148 valence electrons. The van der Waals surface area contributed by atoms with Gasteiger partial charge in [0.05, 0.1) is 23.4 Å². The number of ether oxygens (including phenoxy) is 1. The minimum absolute atomic E-state index is 0.146. The number of hydrogen-bond acceptors (Lipinski definition) is 7. The number of esters is 1. The Morgan fingerprint density at radius 2 is 1.76 bits per heavy atom. The quantitative estimate of drug-likeness (QED) is 0.514. The average molecular weight is 392 g/mol. The van der Waals surface area contributed by atoms with Crippen molar-refractivity contribution in [2.24, 2.45) is 0 Å². The zero-order chi connectivity index (χ0) is 20.8. The fourth-order valence-electron chi connectivity index (χ4n) is 2.64. The molecule has 2 aromatic carbocycles. The van der Waals surface area contributed by atoms with Gasteiger partial charge in [-0.3, -0.25) is 0 Å². The first-order valence-electron chi connectivity index (χ1n) is 8.95. The third-order valence-electron chi connectivity index (χ3n) is 3.93. The minimum Gasteiger partial charge on any atom is -0.478 e. The third kappa shape index (κ3) is 5.07. The molecule has 0 aliphatic carbocycles. The largest absolute Gasteiger partial charge is 0.478 e. The summed E-state index contributed by atoms with van der Waals surface area (Å²) in [7, 11) is 0. The van der Waals surface area contributed by atoms with Gasteiger partial charge in [0.25, 0.3) is 0 Å². The van der Waals surface area contributed by atoms with Crippen molar-refractivity contribution >= 4 is 35.1 Å². The predicted octanol–water partition coefficient (Wildman–Crippen LogP) is 4.15. The summed E-state index contributed by atoms with van der Waals surface area (Å²) in [6, 6.07) is 15.1. The van der Waals surface area contributed by atoms with Crippen molar-refractivity contribution in [3.05, 3.63) is 71.4 Å². The summed E-state index contributed by atoms with van der Waals surface area (Å²) in [5, 5.41) is 15.4.